The second kappa shape index (κ2) is 7.05. The minimum absolute atomic E-state index is 0.0292. The van der Waals surface area contributed by atoms with Crippen LogP contribution in [-0.2, 0) is 6.42 Å². The van der Waals surface area contributed by atoms with Crippen molar-refractivity contribution >= 4 is 0 Å². The van der Waals surface area contributed by atoms with E-state index in [2.05, 4.69) is 22.2 Å². The Bertz CT molecular complexity index is 528. The molecule has 1 aromatic carbocycles. The highest BCUT2D eigenvalue weighted by molar-refractivity contribution is 5.31. The van der Waals surface area contributed by atoms with Crippen molar-refractivity contribution in [3.8, 4) is 5.75 Å². The first kappa shape index (κ1) is 14.5. The Morgan fingerprint density at radius 3 is 2.90 bits per heavy atom. The number of aromatic amines is 1. The van der Waals surface area contributed by atoms with Crippen molar-refractivity contribution in [3.63, 3.8) is 0 Å². The molecular formula is C15H20FN3O. The minimum atomic E-state index is -0.340. The summed E-state index contributed by atoms with van der Waals surface area (Å²) in [6.07, 6.45) is 5.23. The monoisotopic (exact) mass is 277 g/mol. The van der Waals surface area contributed by atoms with Crippen LogP contribution in [0, 0.1) is 5.82 Å². The topological polar surface area (TPSA) is 49.9 Å². The quantitative estimate of drug-likeness (QED) is 0.818. The molecule has 0 aliphatic heterocycles. The average Bonchev–Trinajstić information content (AvgIpc) is 2.96. The summed E-state index contributed by atoms with van der Waals surface area (Å²) in [5.74, 6) is 0.809. The Labute approximate surface area is 118 Å². The van der Waals surface area contributed by atoms with Gasteiger partial charge in [0.25, 0.3) is 0 Å². The number of hydrogen-bond donors (Lipinski definition) is 2. The molecule has 20 heavy (non-hydrogen) atoms. The molecule has 2 aromatic rings. The van der Waals surface area contributed by atoms with Crippen LogP contribution in [0.3, 0.4) is 0 Å². The van der Waals surface area contributed by atoms with Gasteiger partial charge < -0.3 is 15.0 Å². The predicted octanol–water partition coefficient (Wildman–Crippen LogP) is 2.84. The second-order valence-electron chi connectivity index (χ2n) is 4.64. The minimum Gasteiger partial charge on any atom is -0.494 e. The predicted molar refractivity (Wildman–Crippen MR) is 76.3 cm³/mol. The number of hydrogen-bond acceptors (Lipinski definition) is 3. The maximum absolute atomic E-state index is 13.8. The highest BCUT2D eigenvalue weighted by Crippen LogP contribution is 2.23. The Hall–Kier alpha value is -1.88. The number of benzene rings is 1. The first-order valence-corrected chi connectivity index (χ1v) is 6.79. The number of ether oxygens (including phenoxy) is 1. The van der Waals surface area contributed by atoms with Crippen molar-refractivity contribution in [2.75, 3.05) is 13.7 Å². The van der Waals surface area contributed by atoms with E-state index < -0.39 is 0 Å². The molecule has 0 bridgehead atoms. The van der Waals surface area contributed by atoms with Gasteiger partial charge in [0.15, 0.2) is 11.6 Å². The van der Waals surface area contributed by atoms with E-state index >= 15 is 0 Å². The molecule has 2 N–H and O–H groups in total. The van der Waals surface area contributed by atoms with E-state index in [0.29, 0.717) is 6.42 Å². The number of methoxy groups -OCH3 is 1. The maximum atomic E-state index is 13.8. The Kier molecular flexibility index (Phi) is 5.12. The molecule has 4 nitrogen and oxygen atoms in total. The number of rotatable bonds is 7. The van der Waals surface area contributed by atoms with Crippen LogP contribution in [0.4, 0.5) is 4.39 Å². The standard InChI is InChI=1S/C15H20FN3O/c1-3-6-17-13(10-15-18-7-8-19-15)11-4-5-14(20-2)12(16)9-11/h4-5,7-9,13,17H,3,6,10H2,1-2H3,(H,18,19). The molecule has 5 heteroatoms. The number of imidazole rings is 1. The van der Waals surface area contributed by atoms with E-state index in [1.807, 2.05) is 6.07 Å². The Morgan fingerprint density at radius 1 is 1.45 bits per heavy atom. The van der Waals surface area contributed by atoms with E-state index in [0.717, 1.165) is 24.4 Å². The second-order valence-corrected chi connectivity index (χ2v) is 4.64. The lowest BCUT2D eigenvalue weighted by Gasteiger charge is -2.18. The van der Waals surface area contributed by atoms with Gasteiger partial charge in [-0.1, -0.05) is 13.0 Å². The molecule has 108 valence electrons. The molecule has 1 atom stereocenters. The third kappa shape index (κ3) is 3.57. The van der Waals surface area contributed by atoms with E-state index in [4.69, 9.17) is 4.74 Å². The summed E-state index contributed by atoms with van der Waals surface area (Å²) in [4.78, 5) is 7.31. The number of H-pyrrole nitrogens is 1. The summed E-state index contributed by atoms with van der Waals surface area (Å²) in [5, 5.41) is 3.42. The van der Waals surface area contributed by atoms with E-state index in [1.165, 1.54) is 13.2 Å². The zero-order valence-electron chi connectivity index (χ0n) is 11.8. The van der Waals surface area contributed by atoms with Crippen LogP contribution in [-0.4, -0.2) is 23.6 Å². The fourth-order valence-corrected chi connectivity index (χ4v) is 2.13. The number of halogens is 1. The summed E-state index contributed by atoms with van der Waals surface area (Å²) in [6.45, 7) is 2.98. The van der Waals surface area contributed by atoms with Crippen LogP contribution < -0.4 is 10.1 Å². The van der Waals surface area contributed by atoms with Crippen LogP contribution >= 0.6 is 0 Å². The molecule has 0 spiro atoms. The van der Waals surface area contributed by atoms with Gasteiger partial charge in [0, 0.05) is 24.9 Å². The first-order chi connectivity index (χ1) is 9.74. The van der Waals surface area contributed by atoms with Crippen LogP contribution in [0.15, 0.2) is 30.6 Å². The molecule has 0 fully saturated rings. The van der Waals surface area contributed by atoms with Gasteiger partial charge in [-0.15, -0.1) is 0 Å². The smallest absolute Gasteiger partial charge is 0.165 e. The summed E-state index contributed by atoms with van der Waals surface area (Å²) < 4.78 is 18.8. The first-order valence-electron chi connectivity index (χ1n) is 6.79. The SMILES string of the molecule is CCCNC(Cc1ncc[nH]1)c1ccc(OC)c(F)c1. The molecule has 0 radical (unpaired) electrons. The van der Waals surface area contributed by atoms with Gasteiger partial charge >= 0.3 is 0 Å². The normalized spacial score (nSPS) is 12.3. The van der Waals surface area contributed by atoms with Crippen molar-refractivity contribution in [3.05, 3.63) is 47.8 Å². The van der Waals surface area contributed by atoms with Crippen molar-refractivity contribution in [1.29, 1.82) is 0 Å². The van der Waals surface area contributed by atoms with Crippen LogP contribution in [0.2, 0.25) is 0 Å². The lowest BCUT2D eigenvalue weighted by molar-refractivity contribution is 0.385. The van der Waals surface area contributed by atoms with Crippen LogP contribution in [0.1, 0.15) is 30.8 Å². The molecule has 0 saturated carbocycles. The zero-order valence-corrected chi connectivity index (χ0v) is 11.8. The summed E-state index contributed by atoms with van der Waals surface area (Å²) in [6, 6.07) is 5.10. The van der Waals surface area contributed by atoms with Crippen LogP contribution in [0.5, 0.6) is 5.75 Å². The van der Waals surface area contributed by atoms with Crippen molar-refractivity contribution < 1.29 is 9.13 Å². The Balaban J connectivity index is 2.18. The van der Waals surface area contributed by atoms with Gasteiger partial charge in [0.05, 0.1) is 7.11 Å². The largest absolute Gasteiger partial charge is 0.494 e. The lowest BCUT2D eigenvalue weighted by atomic mass is 10.0. The lowest BCUT2D eigenvalue weighted by Crippen LogP contribution is -2.24. The van der Waals surface area contributed by atoms with Gasteiger partial charge in [-0.3, -0.25) is 0 Å². The van der Waals surface area contributed by atoms with Gasteiger partial charge in [0.1, 0.15) is 5.82 Å². The van der Waals surface area contributed by atoms with E-state index in [-0.39, 0.29) is 17.6 Å². The third-order valence-corrected chi connectivity index (χ3v) is 3.17. The maximum Gasteiger partial charge on any atom is 0.165 e. The van der Waals surface area contributed by atoms with Crippen LogP contribution in [0.25, 0.3) is 0 Å². The fourth-order valence-electron chi connectivity index (χ4n) is 2.13. The summed E-state index contributed by atoms with van der Waals surface area (Å²) >= 11 is 0. The summed E-state index contributed by atoms with van der Waals surface area (Å²) in [7, 11) is 1.47. The van der Waals surface area contributed by atoms with Crippen molar-refractivity contribution in [2.45, 2.75) is 25.8 Å². The zero-order chi connectivity index (χ0) is 14.4. The molecular weight excluding hydrogens is 257 g/mol. The van der Waals surface area contributed by atoms with Gasteiger partial charge in [0.2, 0.25) is 0 Å². The third-order valence-electron chi connectivity index (χ3n) is 3.17. The average molecular weight is 277 g/mol. The fraction of sp³-hybridized carbons (Fsp3) is 0.400. The highest BCUT2D eigenvalue weighted by Gasteiger charge is 2.15. The molecule has 0 aliphatic carbocycles. The molecule has 0 saturated heterocycles. The molecule has 0 amide bonds. The summed E-state index contributed by atoms with van der Waals surface area (Å²) in [5.41, 5.74) is 0.896. The molecule has 1 unspecified atom stereocenters. The van der Waals surface area contributed by atoms with Gasteiger partial charge in [-0.25, -0.2) is 9.37 Å². The van der Waals surface area contributed by atoms with E-state index in [1.54, 1.807) is 18.5 Å². The molecule has 0 aliphatic rings. The van der Waals surface area contributed by atoms with Crippen molar-refractivity contribution in [1.82, 2.24) is 15.3 Å². The molecule has 1 heterocycles. The van der Waals surface area contributed by atoms with Gasteiger partial charge in [-0.2, -0.15) is 0 Å². The number of nitrogens with one attached hydrogen (secondary N) is 2. The highest BCUT2D eigenvalue weighted by atomic mass is 19.1. The number of nitrogens with zero attached hydrogens (tertiary/aromatic N) is 1. The number of aromatic nitrogens is 2. The molecule has 2 rings (SSSR count). The Morgan fingerprint density at radius 2 is 2.30 bits per heavy atom. The molecule has 1 aromatic heterocycles. The van der Waals surface area contributed by atoms with Gasteiger partial charge in [-0.05, 0) is 30.7 Å². The van der Waals surface area contributed by atoms with E-state index in [9.17, 15) is 4.39 Å². The van der Waals surface area contributed by atoms with Crippen molar-refractivity contribution in [2.24, 2.45) is 0 Å².